The largest absolute Gasteiger partial charge is 0.457 e. The number of rotatable bonds is 3. The van der Waals surface area contributed by atoms with Crippen molar-refractivity contribution in [1.29, 1.82) is 0 Å². The summed E-state index contributed by atoms with van der Waals surface area (Å²) in [7, 11) is 0. The van der Waals surface area contributed by atoms with Gasteiger partial charge in [0.2, 0.25) is 0 Å². The van der Waals surface area contributed by atoms with Gasteiger partial charge in [0, 0.05) is 5.56 Å². The highest BCUT2D eigenvalue weighted by Gasteiger charge is 2.47. The van der Waals surface area contributed by atoms with E-state index in [1.165, 1.54) is 36.4 Å². The Balaban J connectivity index is 1.70. The van der Waals surface area contributed by atoms with Crippen LogP contribution in [0.2, 0.25) is 0 Å². The summed E-state index contributed by atoms with van der Waals surface area (Å²) in [5.74, 6) is -1.16. The first-order valence-electron chi connectivity index (χ1n) is 9.09. The number of alkyl halides is 6. The number of anilines is 1. The maximum Gasteiger partial charge on any atom is 0.435 e. The maximum atomic E-state index is 13.5. The highest BCUT2D eigenvalue weighted by molar-refractivity contribution is 6.34. The second-order valence-electron chi connectivity index (χ2n) is 6.74. The monoisotopic (exact) mass is 450 g/mol. The van der Waals surface area contributed by atoms with E-state index in [1.807, 2.05) is 0 Å². The van der Waals surface area contributed by atoms with Crippen molar-refractivity contribution in [3.63, 3.8) is 0 Å². The third-order valence-corrected chi connectivity index (χ3v) is 4.53. The fraction of sp³-hybridized carbons (Fsp3) is 0.0909. The van der Waals surface area contributed by atoms with Crippen LogP contribution in [0.5, 0.6) is 0 Å². The first kappa shape index (κ1) is 21.4. The number of furan rings is 1. The van der Waals surface area contributed by atoms with Crippen molar-refractivity contribution < 1.29 is 35.6 Å². The molecule has 1 aliphatic heterocycles. The van der Waals surface area contributed by atoms with E-state index in [0.717, 1.165) is 18.2 Å². The van der Waals surface area contributed by atoms with Crippen LogP contribution in [0.25, 0.3) is 17.4 Å². The molecular weight excluding hydrogens is 438 g/mol. The smallest absolute Gasteiger partial charge is 0.435 e. The van der Waals surface area contributed by atoms with Gasteiger partial charge >= 0.3 is 12.4 Å². The average Bonchev–Trinajstić information content (AvgIpc) is 3.33. The summed E-state index contributed by atoms with van der Waals surface area (Å²) in [4.78, 5) is 12.7. The SMILES string of the molecule is O=C1/C(=C\c2ccc(-c3cccc(C(F)(F)F)c3)o2)C(C(F)(F)F)=NN1c1ccccc1. The van der Waals surface area contributed by atoms with Crippen LogP contribution < -0.4 is 5.01 Å². The molecule has 0 unspecified atom stereocenters. The number of halogens is 6. The van der Waals surface area contributed by atoms with Crippen LogP contribution in [0.1, 0.15) is 11.3 Å². The van der Waals surface area contributed by atoms with Gasteiger partial charge in [0.15, 0.2) is 5.71 Å². The molecule has 2 heterocycles. The van der Waals surface area contributed by atoms with E-state index in [2.05, 4.69) is 5.10 Å². The van der Waals surface area contributed by atoms with Crippen molar-refractivity contribution in [2.45, 2.75) is 12.4 Å². The zero-order chi connectivity index (χ0) is 23.1. The zero-order valence-corrected chi connectivity index (χ0v) is 15.9. The van der Waals surface area contributed by atoms with E-state index in [1.54, 1.807) is 18.2 Å². The first-order valence-corrected chi connectivity index (χ1v) is 9.09. The fourth-order valence-electron chi connectivity index (χ4n) is 3.07. The van der Waals surface area contributed by atoms with E-state index in [4.69, 9.17) is 4.42 Å². The number of nitrogens with zero attached hydrogens (tertiary/aromatic N) is 2. The molecule has 0 bridgehead atoms. The Morgan fingerprint density at radius 1 is 0.844 bits per heavy atom. The summed E-state index contributed by atoms with van der Waals surface area (Å²) in [6.45, 7) is 0. The van der Waals surface area contributed by atoms with Gasteiger partial charge in [-0.2, -0.15) is 36.5 Å². The lowest BCUT2D eigenvalue weighted by atomic mass is 10.1. The van der Waals surface area contributed by atoms with Crippen molar-refractivity contribution in [2.75, 3.05) is 5.01 Å². The molecule has 0 radical (unpaired) electrons. The Bertz CT molecular complexity index is 1220. The molecule has 3 aromatic rings. The highest BCUT2D eigenvalue weighted by Crippen LogP contribution is 2.35. The molecule has 164 valence electrons. The molecule has 4 nitrogen and oxygen atoms in total. The van der Waals surface area contributed by atoms with E-state index < -0.39 is 35.1 Å². The van der Waals surface area contributed by atoms with Gasteiger partial charge in [0.25, 0.3) is 5.91 Å². The molecule has 0 fully saturated rings. The quantitative estimate of drug-likeness (QED) is 0.347. The molecule has 0 saturated heterocycles. The third kappa shape index (κ3) is 4.16. The van der Waals surface area contributed by atoms with E-state index >= 15 is 0 Å². The van der Waals surface area contributed by atoms with Crippen molar-refractivity contribution in [3.8, 4) is 11.3 Å². The van der Waals surface area contributed by atoms with Gasteiger partial charge in [-0.05, 0) is 42.5 Å². The average molecular weight is 450 g/mol. The summed E-state index contributed by atoms with van der Waals surface area (Å²) in [6.07, 6.45) is -8.61. The second-order valence-corrected chi connectivity index (χ2v) is 6.74. The lowest BCUT2D eigenvalue weighted by Gasteiger charge is -2.10. The van der Waals surface area contributed by atoms with Gasteiger partial charge in [-0.1, -0.05) is 30.3 Å². The van der Waals surface area contributed by atoms with Crippen LogP contribution >= 0.6 is 0 Å². The summed E-state index contributed by atoms with van der Waals surface area (Å²) in [5, 5.41) is 4.06. The third-order valence-electron chi connectivity index (χ3n) is 4.53. The summed E-state index contributed by atoms with van der Waals surface area (Å²) >= 11 is 0. The van der Waals surface area contributed by atoms with Gasteiger partial charge in [-0.3, -0.25) is 4.79 Å². The number of carbonyl (C=O) groups is 1. The van der Waals surface area contributed by atoms with Crippen LogP contribution in [0.15, 0.2) is 81.8 Å². The Morgan fingerprint density at radius 2 is 1.56 bits per heavy atom. The summed E-state index contributed by atoms with van der Waals surface area (Å²) < 4.78 is 84.8. The molecule has 4 rings (SSSR count). The van der Waals surface area contributed by atoms with Crippen LogP contribution in [-0.4, -0.2) is 17.8 Å². The summed E-state index contributed by atoms with van der Waals surface area (Å²) in [6, 6.07) is 14.4. The number of benzene rings is 2. The highest BCUT2D eigenvalue weighted by atomic mass is 19.4. The molecule has 1 aliphatic rings. The van der Waals surface area contributed by atoms with E-state index in [0.29, 0.717) is 5.01 Å². The van der Waals surface area contributed by atoms with Gasteiger partial charge in [-0.25, -0.2) is 0 Å². The molecule has 32 heavy (non-hydrogen) atoms. The number of hydrogen-bond donors (Lipinski definition) is 0. The number of amides is 1. The van der Waals surface area contributed by atoms with Crippen molar-refractivity contribution in [1.82, 2.24) is 0 Å². The van der Waals surface area contributed by atoms with Crippen LogP contribution in [0.4, 0.5) is 32.0 Å². The molecule has 1 amide bonds. The Morgan fingerprint density at radius 3 is 2.22 bits per heavy atom. The predicted octanol–water partition coefficient (Wildman–Crippen LogP) is 6.31. The Kier molecular flexibility index (Phi) is 5.15. The molecule has 0 saturated carbocycles. The minimum atomic E-state index is -4.92. The predicted molar refractivity (Wildman–Crippen MR) is 105 cm³/mol. The standard InChI is InChI=1S/C22H12F6N2O2/c23-21(24,25)14-6-4-5-13(11-14)18-10-9-16(32-18)12-17-19(22(26,27)28)29-30(20(17)31)15-7-2-1-3-8-15/h1-12H/b17-12-. The molecule has 10 heteroatoms. The van der Waals surface area contributed by atoms with Gasteiger partial charge in [0.05, 0.1) is 16.8 Å². The Hall–Kier alpha value is -3.82. The van der Waals surface area contributed by atoms with Gasteiger partial charge in [0.1, 0.15) is 11.5 Å². The normalized spacial score (nSPS) is 16.1. The lowest BCUT2D eigenvalue weighted by molar-refractivity contribution is -0.137. The number of para-hydroxylation sites is 1. The summed E-state index contributed by atoms with van der Waals surface area (Å²) in [5.41, 5.74) is -2.82. The van der Waals surface area contributed by atoms with E-state index in [9.17, 15) is 31.1 Å². The fourth-order valence-corrected chi connectivity index (χ4v) is 3.07. The molecular formula is C22H12F6N2O2. The van der Waals surface area contributed by atoms with Crippen LogP contribution in [0.3, 0.4) is 0 Å². The van der Waals surface area contributed by atoms with Crippen LogP contribution in [-0.2, 0) is 11.0 Å². The van der Waals surface area contributed by atoms with Crippen molar-refractivity contribution in [2.24, 2.45) is 5.10 Å². The maximum absolute atomic E-state index is 13.5. The second kappa shape index (κ2) is 7.70. The number of hydrazone groups is 1. The molecule has 0 aliphatic carbocycles. The van der Waals surface area contributed by atoms with Gasteiger partial charge < -0.3 is 4.42 Å². The number of carbonyl (C=O) groups excluding carboxylic acids is 1. The molecule has 0 atom stereocenters. The first-order chi connectivity index (χ1) is 15.0. The molecule has 0 N–H and O–H groups in total. The minimum absolute atomic E-state index is 0.00110. The van der Waals surface area contributed by atoms with Crippen LogP contribution in [0, 0.1) is 0 Å². The van der Waals surface area contributed by atoms with Crippen molar-refractivity contribution in [3.05, 3.63) is 83.6 Å². The van der Waals surface area contributed by atoms with Gasteiger partial charge in [-0.15, -0.1) is 0 Å². The van der Waals surface area contributed by atoms with E-state index in [-0.39, 0.29) is 22.8 Å². The van der Waals surface area contributed by atoms with Crippen molar-refractivity contribution >= 4 is 23.4 Å². The molecule has 2 aromatic carbocycles. The lowest BCUT2D eigenvalue weighted by Crippen LogP contribution is -2.25. The zero-order valence-electron chi connectivity index (χ0n) is 15.9. The topological polar surface area (TPSA) is 45.8 Å². The Labute approximate surface area is 177 Å². The minimum Gasteiger partial charge on any atom is -0.457 e. The number of hydrogen-bond acceptors (Lipinski definition) is 3. The molecule has 1 aromatic heterocycles. The molecule has 0 spiro atoms.